The van der Waals surface area contributed by atoms with Crippen molar-refractivity contribution in [2.75, 3.05) is 5.73 Å². The predicted molar refractivity (Wildman–Crippen MR) is 64.7 cm³/mol. The quantitative estimate of drug-likeness (QED) is 0.820. The van der Waals surface area contributed by atoms with Gasteiger partial charge in [0, 0.05) is 5.56 Å². The third-order valence-corrected chi connectivity index (χ3v) is 2.63. The van der Waals surface area contributed by atoms with Crippen LogP contribution in [-0.4, -0.2) is 5.91 Å². The molecule has 2 aromatic rings. The van der Waals surface area contributed by atoms with E-state index in [0.29, 0.717) is 0 Å². The second-order valence-corrected chi connectivity index (χ2v) is 3.89. The van der Waals surface area contributed by atoms with Gasteiger partial charge in [0.25, 0.3) is 5.91 Å². The molecule has 0 aliphatic rings. The second-order valence-electron chi connectivity index (χ2n) is 3.89. The van der Waals surface area contributed by atoms with E-state index < -0.39 is 29.0 Å². The van der Waals surface area contributed by atoms with Gasteiger partial charge in [-0.1, -0.05) is 12.1 Å². The smallest absolute Gasteiger partial charge is 0.251 e. The predicted octanol–water partition coefficient (Wildman–Crippen LogP) is 2.45. The molecule has 0 aliphatic carbocycles. The Bertz CT molecular complexity index is 648. The zero-order chi connectivity index (χ0) is 14.2. The molecule has 0 saturated heterocycles. The lowest BCUT2D eigenvalue weighted by Gasteiger charge is -2.08. The first-order valence-corrected chi connectivity index (χ1v) is 5.25. The van der Waals surface area contributed by atoms with E-state index in [0.717, 1.165) is 12.1 Å². The minimum absolute atomic E-state index is 0.0250. The molecule has 4 N–H and O–H groups in total. The van der Waals surface area contributed by atoms with Gasteiger partial charge >= 0.3 is 0 Å². The zero-order valence-corrected chi connectivity index (χ0v) is 9.58. The van der Waals surface area contributed by atoms with Crippen molar-refractivity contribution in [3.8, 4) is 11.1 Å². The summed E-state index contributed by atoms with van der Waals surface area (Å²) < 4.78 is 40.3. The van der Waals surface area contributed by atoms with Crippen molar-refractivity contribution in [3.05, 3.63) is 53.3 Å². The number of halogens is 3. The number of nitrogen functional groups attached to an aromatic ring is 1. The van der Waals surface area contributed by atoms with Crippen molar-refractivity contribution >= 4 is 11.6 Å². The van der Waals surface area contributed by atoms with Crippen LogP contribution >= 0.6 is 0 Å². The SMILES string of the molecule is NC(=O)c1cccc(-c2cc(N)c(F)c(F)c2)c1F. The topological polar surface area (TPSA) is 69.1 Å². The summed E-state index contributed by atoms with van der Waals surface area (Å²) in [7, 11) is 0. The summed E-state index contributed by atoms with van der Waals surface area (Å²) in [5.41, 5.74) is 9.45. The Morgan fingerprint density at radius 3 is 2.32 bits per heavy atom. The largest absolute Gasteiger partial charge is 0.396 e. The molecule has 0 saturated carbocycles. The fourth-order valence-corrected chi connectivity index (χ4v) is 1.71. The number of primary amides is 1. The summed E-state index contributed by atoms with van der Waals surface area (Å²) in [5.74, 6) is -4.25. The summed E-state index contributed by atoms with van der Waals surface area (Å²) in [6.07, 6.45) is 0. The molecule has 0 bridgehead atoms. The summed E-state index contributed by atoms with van der Waals surface area (Å²) in [5, 5.41) is 0. The summed E-state index contributed by atoms with van der Waals surface area (Å²) in [6, 6.07) is 5.78. The van der Waals surface area contributed by atoms with Crippen LogP contribution in [0.15, 0.2) is 30.3 Å². The van der Waals surface area contributed by atoms with Crippen LogP contribution in [0.25, 0.3) is 11.1 Å². The number of nitrogens with two attached hydrogens (primary N) is 2. The molecule has 2 aromatic carbocycles. The first-order valence-electron chi connectivity index (χ1n) is 5.25. The van der Waals surface area contributed by atoms with Crippen molar-refractivity contribution in [2.45, 2.75) is 0 Å². The molecular weight excluding hydrogens is 257 g/mol. The molecule has 0 aromatic heterocycles. The number of benzene rings is 2. The standard InChI is InChI=1S/C13H9F3N2O/c14-9-4-6(5-10(17)12(9)16)7-2-1-3-8(11(7)15)13(18)19/h1-5H,17H2,(H2,18,19). The fourth-order valence-electron chi connectivity index (χ4n) is 1.71. The number of carbonyl (C=O) groups excluding carboxylic acids is 1. The highest BCUT2D eigenvalue weighted by molar-refractivity contribution is 5.94. The van der Waals surface area contributed by atoms with Crippen molar-refractivity contribution in [2.24, 2.45) is 5.73 Å². The van der Waals surface area contributed by atoms with E-state index in [4.69, 9.17) is 11.5 Å². The maximum Gasteiger partial charge on any atom is 0.251 e. The van der Waals surface area contributed by atoms with Gasteiger partial charge in [-0.15, -0.1) is 0 Å². The number of carbonyl (C=O) groups is 1. The van der Waals surface area contributed by atoms with Crippen molar-refractivity contribution in [1.82, 2.24) is 0 Å². The first kappa shape index (κ1) is 12.9. The molecule has 0 fully saturated rings. The molecule has 0 atom stereocenters. The van der Waals surface area contributed by atoms with Crippen LogP contribution < -0.4 is 11.5 Å². The van der Waals surface area contributed by atoms with E-state index in [2.05, 4.69) is 0 Å². The number of anilines is 1. The number of hydrogen-bond acceptors (Lipinski definition) is 2. The lowest BCUT2D eigenvalue weighted by atomic mass is 10.0. The fraction of sp³-hybridized carbons (Fsp3) is 0. The maximum absolute atomic E-state index is 14.0. The van der Waals surface area contributed by atoms with Gasteiger partial charge in [0.1, 0.15) is 5.82 Å². The normalized spacial score (nSPS) is 10.5. The molecule has 0 heterocycles. The van der Waals surface area contributed by atoms with Crippen LogP contribution in [0.1, 0.15) is 10.4 Å². The molecule has 0 unspecified atom stereocenters. The van der Waals surface area contributed by atoms with E-state index in [1.807, 2.05) is 0 Å². The highest BCUT2D eigenvalue weighted by Gasteiger charge is 2.16. The van der Waals surface area contributed by atoms with Crippen LogP contribution in [0.3, 0.4) is 0 Å². The van der Waals surface area contributed by atoms with Gasteiger partial charge in [-0.25, -0.2) is 13.2 Å². The monoisotopic (exact) mass is 266 g/mol. The highest BCUT2D eigenvalue weighted by atomic mass is 19.2. The second kappa shape index (κ2) is 4.64. The van der Waals surface area contributed by atoms with Gasteiger partial charge in [-0.3, -0.25) is 4.79 Å². The summed E-state index contributed by atoms with van der Waals surface area (Å²) in [6.45, 7) is 0. The molecule has 98 valence electrons. The van der Waals surface area contributed by atoms with E-state index in [9.17, 15) is 18.0 Å². The van der Waals surface area contributed by atoms with Crippen LogP contribution in [0, 0.1) is 17.5 Å². The molecule has 0 spiro atoms. The van der Waals surface area contributed by atoms with Gasteiger partial charge in [0.05, 0.1) is 11.3 Å². The molecule has 2 rings (SSSR count). The van der Waals surface area contributed by atoms with Crippen LogP contribution in [0.4, 0.5) is 18.9 Å². The van der Waals surface area contributed by atoms with Gasteiger partial charge in [0.15, 0.2) is 11.6 Å². The van der Waals surface area contributed by atoms with Crippen LogP contribution in [0.2, 0.25) is 0 Å². The van der Waals surface area contributed by atoms with Gasteiger partial charge in [-0.05, 0) is 23.8 Å². The highest BCUT2D eigenvalue weighted by Crippen LogP contribution is 2.29. The molecule has 1 amide bonds. The molecule has 3 nitrogen and oxygen atoms in total. The molecule has 6 heteroatoms. The first-order chi connectivity index (χ1) is 8.91. The van der Waals surface area contributed by atoms with Crippen LogP contribution in [-0.2, 0) is 0 Å². The van der Waals surface area contributed by atoms with Crippen molar-refractivity contribution in [1.29, 1.82) is 0 Å². The van der Waals surface area contributed by atoms with E-state index in [-0.39, 0.29) is 16.7 Å². The Labute approximate surface area is 106 Å². The maximum atomic E-state index is 14.0. The average molecular weight is 266 g/mol. The van der Waals surface area contributed by atoms with Gasteiger partial charge < -0.3 is 11.5 Å². The lowest BCUT2D eigenvalue weighted by Crippen LogP contribution is -2.13. The van der Waals surface area contributed by atoms with E-state index in [1.165, 1.54) is 18.2 Å². The van der Waals surface area contributed by atoms with Crippen LogP contribution in [0.5, 0.6) is 0 Å². The molecule has 0 aliphatic heterocycles. The minimum atomic E-state index is -1.20. The third kappa shape index (κ3) is 2.24. The van der Waals surface area contributed by atoms with E-state index >= 15 is 0 Å². The van der Waals surface area contributed by atoms with Crippen molar-refractivity contribution < 1.29 is 18.0 Å². The zero-order valence-electron chi connectivity index (χ0n) is 9.58. The number of hydrogen-bond donors (Lipinski definition) is 2. The molecular formula is C13H9F3N2O. The lowest BCUT2D eigenvalue weighted by molar-refractivity contribution is 0.0996. The Hall–Kier alpha value is -2.50. The van der Waals surface area contributed by atoms with Crippen molar-refractivity contribution in [3.63, 3.8) is 0 Å². The summed E-state index contributed by atoms with van der Waals surface area (Å²) >= 11 is 0. The molecule has 19 heavy (non-hydrogen) atoms. The van der Waals surface area contributed by atoms with E-state index in [1.54, 1.807) is 0 Å². The Morgan fingerprint density at radius 1 is 1.05 bits per heavy atom. The average Bonchev–Trinajstić information content (AvgIpc) is 2.35. The van der Waals surface area contributed by atoms with Gasteiger partial charge in [-0.2, -0.15) is 0 Å². The summed E-state index contributed by atoms with van der Waals surface area (Å²) in [4.78, 5) is 11.0. The Kier molecular flexibility index (Phi) is 3.16. The molecule has 0 radical (unpaired) electrons. The van der Waals surface area contributed by atoms with Gasteiger partial charge in [0.2, 0.25) is 0 Å². The number of rotatable bonds is 2. The Balaban J connectivity index is 2.66. The Morgan fingerprint density at radius 2 is 1.74 bits per heavy atom. The number of amides is 1. The minimum Gasteiger partial charge on any atom is -0.396 e. The third-order valence-electron chi connectivity index (χ3n) is 2.63.